The Kier molecular flexibility index (Phi) is 5.85. The van der Waals surface area contributed by atoms with Crippen molar-refractivity contribution in [3.05, 3.63) is 65.0 Å². The Bertz CT molecular complexity index is 946. The largest absolute Gasteiger partial charge is 0.358 e. The van der Waals surface area contributed by atoms with Gasteiger partial charge in [0.2, 0.25) is 0 Å². The van der Waals surface area contributed by atoms with E-state index in [-0.39, 0.29) is 5.82 Å². The molecule has 0 fully saturated rings. The molecule has 142 valence electrons. The number of hydrogen-bond donors (Lipinski definition) is 2. The highest BCUT2D eigenvalue weighted by Crippen LogP contribution is 2.20. The first-order valence-electron chi connectivity index (χ1n) is 8.81. The quantitative estimate of drug-likeness (QED) is 0.636. The smallest absolute Gasteiger partial charge is 0.171 e. The van der Waals surface area contributed by atoms with Gasteiger partial charge in [-0.25, -0.2) is 4.39 Å². The first-order valence-corrected chi connectivity index (χ1v) is 9.21. The molecule has 0 saturated heterocycles. The van der Waals surface area contributed by atoms with E-state index in [1.54, 1.807) is 6.07 Å². The van der Waals surface area contributed by atoms with Gasteiger partial charge in [0.1, 0.15) is 5.82 Å². The van der Waals surface area contributed by atoms with Crippen LogP contribution in [0.25, 0.3) is 0 Å². The molecule has 0 aliphatic rings. The van der Waals surface area contributed by atoms with Crippen molar-refractivity contribution in [2.75, 3.05) is 5.32 Å². The van der Waals surface area contributed by atoms with Gasteiger partial charge in [0.15, 0.2) is 5.11 Å². The number of aryl methyl sites for hydroxylation is 2. The Morgan fingerprint density at radius 1 is 1.26 bits per heavy atom. The van der Waals surface area contributed by atoms with Crippen molar-refractivity contribution in [2.45, 2.75) is 40.4 Å². The number of anilines is 1. The number of aromatic nitrogens is 4. The summed E-state index contributed by atoms with van der Waals surface area (Å²) < 4.78 is 17.1. The average Bonchev–Trinajstić information content (AvgIpc) is 3.20. The normalized spacial score (nSPS) is 10.8. The van der Waals surface area contributed by atoms with Crippen molar-refractivity contribution < 1.29 is 4.39 Å². The van der Waals surface area contributed by atoms with Gasteiger partial charge in [-0.2, -0.15) is 10.2 Å². The van der Waals surface area contributed by atoms with Gasteiger partial charge in [-0.05, 0) is 50.7 Å². The van der Waals surface area contributed by atoms with Gasteiger partial charge in [-0.15, -0.1) is 0 Å². The van der Waals surface area contributed by atoms with Gasteiger partial charge in [0.05, 0.1) is 29.8 Å². The van der Waals surface area contributed by atoms with Crippen molar-refractivity contribution in [1.29, 1.82) is 0 Å². The van der Waals surface area contributed by atoms with Crippen molar-refractivity contribution >= 4 is 23.0 Å². The predicted molar refractivity (Wildman–Crippen MR) is 108 cm³/mol. The molecule has 0 atom stereocenters. The highest BCUT2D eigenvalue weighted by atomic mass is 32.1. The van der Waals surface area contributed by atoms with E-state index in [4.69, 9.17) is 12.2 Å². The van der Waals surface area contributed by atoms with Crippen molar-refractivity contribution in [1.82, 2.24) is 24.9 Å². The van der Waals surface area contributed by atoms with Gasteiger partial charge < -0.3 is 10.6 Å². The maximum atomic E-state index is 13.4. The van der Waals surface area contributed by atoms with Crippen LogP contribution in [0.2, 0.25) is 0 Å². The van der Waals surface area contributed by atoms with Gasteiger partial charge in [0.25, 0.3) is 0 Å². The maximum Gasteiger partial charge on any atom is 0.171 e. The number of nitrogens with one attached hydrogen (secondary N) is 2. The summed E-state index contributed by atoms with van der Waals surface area (Å²) in [7, 11) is 0. The maximum absolute atomic E-state index is 13.4. The lowest BCUT2D eigenvalue weighted by Gasteiger charge is -2.10. The number of benzene rings is 1. The van der Waals surface area contributed by atoms with Gasteiger partial charge in [-0.1, -0.05) is 12.1 Å². The van der Waals surface area contributed by atoms with E-state index in [2.05, 4.69) is 20.8 Å². The third-order valence-corrected chi connectivity index (χ3v) is 4.55. The van der Waals surface area contributed by atoms with Gasteiger partial charge >= 0.3 is 0 Å². The lowest BCUT2D eigenvalue weighted by molar-refractivity contribution is 0.616. The van der Waals surface area contributed by atoms with Crippen LogP contribution in [0.5, 0.6) is 0 Å². The molecular formula is C19H23FN6S. The molecular weight excluding hydrogens is 363 g/mol. The lowest BCUT2D eigenvalue weighted by Crippen LogP contribution is -2.28. The average molecular weight is 387 g/mol. The molecule has 27 heavy (non-hydrogen) atoms. The summed E-state index contributed by atoms with van der Waals surface area (Å²) in [5.74, 6) is -0.246. The van der Waals surface area contributed by atoms with E-state index in [9.17, 15) is 4.39 Å². The summed E-state index contributed by atoms with van der Waals surface area (Å²) >= 11 is 5.41. The summed E-state index contributed by atoms with van der Waals surface area (Å²) in [5, 5.41) is 15.7. The van der Waals surface area contributed by atoms with E-state index in [1.165, 1.54) is 12.1 Å². The molecule has 0 saturated carbocycles. The van der Waals surface area contributed by atoms with E-state index in [1.807, 2.05) is 48.6 Å². The summed E-state index contributed by atoms with van der Waals surface area (Å²) in [5.41, 5.74) is 4.58. The fourth-order valence-corrected chi connectivity index (χ4v) is 3.02. The number of rotatable bonds is 6. The lowest BCUT2D eigenvalue weighted by atomic mass is 10.2. The molecule has 6 nitrogen and oxygen atoms in total. The summed E-state index contributed by atoms with van der Waals surface area (Å²) in [4.78, 5) is 0. The van der Waals surface area contributed by atoms with E-state index in [0.29, 0.717) is 18.2 Å². The fraction of sp³-hybridized carbons (Fsp3) is 0.316. The molecule has 0 bridgehead atoms. The van der Waals surface area contributed by atoms with Crippen molar-refractivity contribution in [3.63, 3.8) is 0 Å². The predicted octanol–water partition coefficient (Wildman–Crippen LogP) is 3.39. The molecule has 0 radical (unpaired) electrons. The highest BCUT2D eigenvalue weighted by molar-refractivity contribution is 7.80. The van der Waals surface area contributed by atoms with Gasteiger partial charge in [-0.3, -0.25) is 9.36 Å². The van der Waals surface area contributed by atoms with Gasteiger partial charge in [0, 0.05) is 24.8 Å². The Labute approximate surface area is 163 Å². The van der Waals surface area contributed by atoms with E-state index in [0.717, 1.165) is 34.7 Å². The topological polar surface area (TPSA) is 59.7 Å². The van der Waals surface area contributed by atoms with Crippen molar-refractivity contribution in [3.8, 4) is 0 Å². The molecule has 0 spiro atoms. The van der Waals surface area contributed by atoms with Crippen LogP contribution in [-0.4, -0.2) is 24.7 Å². The first kappa shape index (κ1) is 19.0. The molecule has 0 unspecified atom stereocenters. The minimum Gasteiger partial charge on any atom is -0.358 e. The number of hydrogen-bond acceptors (Lipinski definition) is 3. The van der Waals surface area contributed by atoms with Crippen LogP contribution in [0.4, 0.5) is 10.1 Å². The summed E-state index contributed by atoms with van der Waals surface area (Å²) in [6, 6.07) is 6.54. The Hall–Kier alpha value is -2.74. The standard InChI is InChI=1S/C19H23FN6S/c1-4-25-11-16(10-22-25)9-21-19(27)23-18-13(2)24-26(14(18)3)12-15-6-5-7-17(20)8-15/h5-8,10-11H,4,9,12H2,1-3H3,(H2,21,23,27). The van der Waals surface area contributed by atoms with Crippen LogP contribution in [0.3, 0.4) is 0 Å². The molecule has 0 aliphatic carbocycles. The molecule has 2 N–H and O–H groups in total. The molecule has 2 heterocycles. The monoisotopic (exact) mass is 386 g/mol. The Morgan fingerprint density at radius 2 is 2.07 bits per heavy atom. The molecule has 0 aliphatic heterocycles. The summed E-state index contributed by atoms with van der Waals surface area (Å²) in [6.07, 6.45) is 3.82. The van der Waals surface area contributed by atoms with E-state index < -0.39 is 0 Å². The number of thiocarbonyl (C=S) groups is 1. The molecule has 2 aromatic heterocycles. The zero-order valence-corrected chi connectivity index (χ0v) is 16.5. The second kappa shape index (κ2) is 8.30. The Morgan fingerprint density at radius 3 is 2.78 bits per heavy atom. The van der Waals surface area contributed by atoms with Crippen LogP contribution in [0, 0.1) is 19.7 Å². The zero-order chi connectivity index (χ0) is 19.4. The molecule has 8 heteroatoms. The number of halogens is 1. The third kappa shape index (κ3) is 4.71. The van der Waals surface area contributed by atoms with Crippen LogP contribution < -0.4 is 10.6 Å². The highest BCUT2D eigenvalue weighted by Gasteiger charge is 2.13. The molecule has 1 aromatic carbocycles. The van der Waals surface area contributed by atoms with Crippen LogP contribution in [0.1, 0.15) is 29.4 Å². The van der Waals surface area contributed by atoms with Crippen molar-refractivity contribution in [2.24, 2.45) is 0 Å². The summed E-state index contributed by atoms with van der Waals surface area (Å²) in [6.45, 7) is 7.87. The molecule has 0 amide bonds. The van der Waals surface area contributed by atoms with Crippen LogP contribution in [0.15, 0.2) is 36.7 Å². The molecule has 3 rings (SSSR count). The second-order valence-corrected chi connectivity index (χ2v) is 6.75. The SMILES string of the molecule is CCn1cc(CNC(=S)Nc2c(C)nn(Cc3cccc(F)c3)c2C)cn1. The minimum absolute atomic E-state index is 0.246. The third-order valence-electron chi connectivity index (χ3n) is 4.31. The second-order valence-electron chi connectivity index (χ2n) is 6.35. The minimum atomic E-state index is -0.246. The molecule has 3 aromatic rings. The zero-order valence-electron chi connectivity index (χ0n) is 15.7. The van der Waals surface area contributed by atoms with Crippen LogP contribution in [-0.2, 0) is 19.6 Å². The fourth-order valence-electron chi connectivity index (χ4n) is 2.85. The first-order chi connectivity index (χ1) is 13.0. The van der Waals surface area contributed by atoms with Crippen LogP contribution >= 0.6 is 12.2 Å². The van der Waals surface area contributed by atoms with E-state index >= 15 is 0 Å². The number of nitrogens with zero attached hydrogens (tertiary/aromatic N) is 4. The Balaban J connectivity index is 1.64.